The predicted octanol–water partition coefficient (Wildman–Crippen LogP) is 0.357. The zero-order valence-electron chi connectivity index (χ0n) is 6.85. The van der Waals surface area contributed by atoms with Crippen molar-refractivity contribution in [2.75, 3.05) is 19.6 Å². The van der Waals surface area contributed by atoms with Gasteiger partial charge in [-0.3, -0.25) is 0 Å². The van der Waals surface area contributed by atoms with Crippen LogP contribution in [0.1, 0.15) is 20.3 Å². The van der Waals surface area contributed by atoms with Crippen molar-refractivity contribution in [2.24, 2.45) is 5.92 Å². The van der Waals surface area contributed by atoms with Gasteiger partial charge in [0.15, 0.2) is 0 Å². The molecular weight excluding hydrogens is 126 g/mol. The zero-order valence-corrected chi connectivity index (χ0v) is 6.85. The van der Waals surface area contributed by atoms with Crippen LogP contribution in [-0.2, 0) is 0 Å². The highest BCUT2D eigenvalue weighted by molar-refractivity contribution is 4.59. The average Bonchev–Trinajstić information content (AvgIpc) is 2.34. The predicted molar refractivity (Wildman–Crippen MR) is 42.2 cm³/mol. The molecule has 2 N–H and O–H groups in total. The maximum Gasteiger partial charge on any atom is 0.0284 e. The van der Waals surface area contributed by atoms with Gasteiger partial charge in [0.1, 0.15) is 0 Å². The van der Waals surface area contributed by atoms with Crippen LogP contribution in [0, 0.1) is 5.92 Å². The van der Waals surface area contributed by atoms with Crippen LogP contribution in [0.2, 0.25) is 0 Å². The lowest BCUT2D eigenvalue weighted by molar-refractivity contribution is 0.220. The van der Waals surface area contributed by atoms with Crippen molar-refractivity contribution in [3.63, 3.8) is 0 Å². The summed E-state index contributed by atoms with van der Waals surface area (Å²) in [6.45, 7) is 7.86. The number of rotatable bonds is 3. The molecule has 0 radical (unpaired) electrons. The van der Waals surface area contributed by atoms with Crippen LogP contribution in [0.25, 0.3) is 0 Å². The monoisotopic (exact) mass is 143 g/mol. The normalized spacial score (nSPS) is 20.7. The topological polar surface area (TPSA) is 27.3 Å². The highest BCUT2D eigenvalue weighted by Gasteiger charge is 2.09. The number of nitrogens with one attached hydrogen (secondary N) is 2. The number of hydrogen-bond acceptors (Lipinski definition) is 3. The standard InChI is InChI=1S/C7H17N3/c1-7(2)3-5-10-6-4-8-9-10/h7-9H,3-6H2,1-2H3. The van der Waals surface area contributed by atoms with E-state index in [9.17, 15) is 0 Å². The molecule has 1 aliphatic rings. The summed E-state index contributed by atoms with van der Waals surface area (Å²) in [5, 5.41) is 2.22. The van der Waals surface area contributed by atoms with Crippen molar-refractivity contribution in [2.45, 2.75) is 20.3 Å². The smallest absolute Gasteiger partial charge is 0.0284 e. The minimum absolute atomic E-state index is 0.808. The summed E-state index contributed by atoms with van der Waals surface area (Å²) in [6, 6.07) is 0. The van der Waals surface area contributed by atoms with Gasteiger partial charge in [-0.2, -0.15) is 5.53 Å². The Balaban J connectivity index is 2.01. The van der Waals surface area contributed by atoms with E-state index in [2.05, 4.69) is 29.8 Å². The minimum atomic E-state index is 0.808. The largest absolute Gasteiger partial charge is 0.243 e. The Morgan fingerprint density at radius 2 is 2.30 bits per heavy atom. The highest BCUT2D eigenvalue weighted by atomic mass is 15.7. The molecule has 3 heteroatoms. The summed E-state index contributed by atoms with van der Waals surface area (Å²) in [7, 11) is 0. The van der Waals surface area contributed by atoms with Crippen LogP contribution in [0.4, 0.5) is 0 Å². The van der Waals surface area contributed by atoms with E-state index in [0.29, 0.717) is 0 Å². The first kappa shape index (κ1) is 7.98. The summed E-state index contributed by atoms with van der Waals surface area (Å²) < 4.78 is 0. The lowest BCUT2D eigenvalue weighted by Crippen LogP contribution is -2.36. The molecule has 60 valence electrons. The molecule has 1 heterocycles. The first-order valence-electron chi connectivity index (χ1n) is 4.02. The maximum atomic E-state index is 3.10. The molecule has 0 spiro atoms. The van der Waals surface area contributed by atoms with Gasteiger partial charge < -0.3 is 0 Å². The Bertz CT molecular complexity index is 86.9. The number of hydrogen-bond donors (Lipinski definition) is 2. The van der Waals surface area contributed by atoms with Crippen LogP contribution in [0.3, 0.4) is 0 Å². The van der Waals surface area contributed by atoms with Crippen molar-refractivity contribution in [3.8, 4) is 0 Å². The Morgan fingerprint density at radius 1 is 1.50 bits per heavy atom. The van der Waals surface area contributed by atoms with E-state index in [0.717, 1.165) is 25.6 Å². The number of nitrogens with zero attached hydrogens (tertiary/aromatic N) is 1. The molecule has 1 rings (SSSR count). The Kier molecular flexibility index (Phi) is 3.12. The second-order valence-corrected chi connectivity index (χ2v) is 3.21. The summed E-state index contributed by atoms with van der Waals surface area (Å²) in [5.41, 5.74) is 6.17. The summed E-state index contributed by atoms with van der Waals surface area (Å²) in [5.74, 6) is 0.808. The second kappa shape index (κ2) is 3.91. The van der Waals surface area contributed by atoms with E-state index >= 15 is 0 Å². The van der Waals surface area contributed by atoms with Crippen LogP contribution >= 0.6 is 0 Å². The SMILES string of the molecule is CC(C)CCN1CCNN1. The third-order valence-corrected chi connectivity index (χ3v) is 1.72. The van der Waals surface area contributed by atoms with E-state index in [4.69, 9.17) is 0 Å². The van der Waals surface area contributed by atoms with E-state index in [1.807, 2.05) is 0 Å². The second-order valence-electron chi connectivity index (χ2n) is 3.21. The molecule has 3 nitrogen and oxygen atoms in total. The molecule has 0 atom stereocenters. The summed E-state index contributed by atoms with van der Waals surface area (Å²) >= 11 is 0. The maximum absolute atomic E-state index is 3.10. The lowest BCUT2D eigenvalue weighted by Gasteiger charge is -2.14. The third-order valence-electron chi connectivity index (χ3n) is 1.72. The lowest BCUT2D eigenvalue weighted by atomic mass is 10.1. The van der Waals surface area contributed by atoms with Crippen LogP contribution in [0.15, 0.2) is 0 Å². The molecule has 0 bridgehead atoms. The van der Waals surface area contributed by atoms with Crippen molar-refractivity contribution in [3.05, 3.63) is 0 Å². The van der Waals surface area contributed by atoms with E-state index < -0.39 is 0 Å². The van der Waals surface area contributed by atoms with Gasteiger partial charge in [0, 0.05) is 19.6 Å². The summed E-state index contributed by atoms with van der Waals surface area (Å²) in [6.07, 6.45) is 1.27. The first-order valence-corrected chi connectivity index (χ1v) is 4.02. The molecule has 0 aromatic heterocycles. The molecule has 1 fully saturated rings. The van der Waals surface area contributed by atoms with Gasteiger partial charge in [-0.25, -0.2) is 10.4 Å². The van der Waals surface area contributed by atoms with Gasteiger partial charge in [0.2, 0.25) is 0 Å². The quantitative estimate of drug-likeness (QED) is 0.597. The Labute approximate surface area is 62.7 Å². The van der Waals surface area contributed by atoms with Crippen LogP contribution < -0.4 is 11.0 Å². The Hall–Kier alpha value is -0.120. The highest BCUT2D eigenvalue weighted by Crippen LogP contribution is 2.00. The van der Waals surface area contributed by atoms with Gasteiger partial charge in [-0.1, -0.05) is 13.8 Å². The van der Waals surface area contributed by atoms with E-state index in [1.54, 1.807) is 0 Å². The van der Waals surface area contributed by atoms with Crippen molar-refractivity contribution in [1.82, 2.24) is 16.0 Å². The minimum Gasteiger partial charge on any atom is -0.243 e. The molecule has 0 amide bonds. The summed E-state index contributed by atoms with van der Waals surface area (Å²) in [4.78, 5) is 0. The van der Waals surface area contributed by atoms with Crippen molar-refractivity contribution >= 4 is 0 Å². The number of hydrazine groups is 2. The molecule has 10 heavy (non-hydrogen) atoms. The molecular formula is C7H17N3. The molecule has 1 aliphatic heterocycles. The van der Waals surface area contributed by atoms with Crippen LogP contribution in [0.5, 0.6) is 0 Å². The Morgan fingerprint density at radius 3 is 2.80 bits per heavy atom. The fourth-order valence-corrected chi connectivity index (χ4v) is 0.996. The molecule has 0 unspecified atom stereocenters. The molecule has 0 aliphatic carbocycles. The molecule has 0 saturated carbocycles. The third kappa shape index (κ3) is 2.64. The molecule has 1 saturated heterocycles. The van der Waals surface area contributed by atoms with E-state index in [-0.39, 0.29) is 0 Å². The van der Waals surface area contributed by atoms with Crippen LogP contribution in [-0.4, -0.2) is 24.6 Å². The zero-order chi connectivity index (χ0) is 7.40. The van der Waals surface area contributed by atoms with Crippen molar-refractivity contribution in [1.29, 1.82) is 0 Å². The van der Waals surface area contributed by atoms with Gasteiger partial charge >= 0.3 is 0 Å². The van der Waals surface area contributed by atoms with Gasteiger partial charge in [-0.15, -0.1) is 0 Å². The van der Waals surface area contributed by atoms with Gasteiger partial charge in [0.05, 0.1) is 0 Å². The van der Waals surface area contributed by atoms with Gasteiger partial charge in [-0.05, 0) is 12.3 Å². The van der Waals surface area contributed by atoms with E-state index in [1.165, 1.54) is 6.42 Å². The average molecular weight is 143 g/mol. The fourth-order valence-electron chi connectivity index (χ4n) is 0.996. The van der Waals surface area contributed by atoms with Gasteiger partial charge in [0.25, 0.3) is 0 Å². The first-order chi connectivity index (χ1) is 4.79. The fraction of sp³-hybridized carbons (Fsp3) is 1.00. The molecule has 0 aromatic carbocycles. The van der Waals surface area contributed by atoms with Crippen molar-refractivity contribution < 1.29 is 0 Å². The molecule has 0 aromatic rings.